The van der Waals surface area contributed by atoms with Crippen LogP contribution >= 0.6 is 11.3 Å². The molecule has 0 radical (unpaired) electrons. The van der Waals surface area contributed by atoms with Crippen molar-refractivity contribution in [2.45, 2.75) is 24.9 Å². The Morgan fingerprint density at radius 2 is 1.92 bits per heavy atom. The predicted molar refractivity (Wildman–Crippen MR) is 96.8 cm³/mol. The van der Waals surface area contributed by atoms with Crippen LogP contribution in [0.3, 0.4) is 0 Å². The highest BCUT2D eigenvalue weighted by molar-refractivity contribution is 7.10. The number of anilines is 1. The number of piperidine rings is 1. The summed E-state index contributed by atoms with van der Waals surface area (Å²) in [7, 11) is 0. The van der Waals surface area contributed by atoms with Crippen molar-refractivity contribution in [2.75, 3.05) is 24.6 Å². The lowest BCUT2D eigenvalue weighted by Crippen LogP contribution is -2.46. The van der Waals surface area contributed by atoms with E-state index in [4.69, 9.17) is 9.26 Å². The molecule has 1 fully saturated rings. The Morgan fingerprint density at radius 3 is 2.73 bits per heavy atom. The zero-order valence-corrected chi connectivity index (χ0v) is 15.0. The SMILES string of the molecule is Fc1ccc(-c2noc(N3CCC4(CC3)OCCc3ccsc34)n2)cc1. The fraction of sp³-hybridized carbons (Fsp3) is 0.368. The Morgan fingerprint density at radius 1 is 1.12 bits per heavy atom. The summed E-state index contributed by atoms with van der Waals surface area (Å²) in [4.78, 5) is 7.99. The molecule has 5 nitrogen and oxygen atoms in total. The van der Waals surface area contributed by atoms with Gasteiger partial charge in [-0.3, -0.25) is 0 Å². The van der Waals surface area contributed by atoms with Gasteiger partial charge < -0.3 is 14.2 Å². The van der Waals surface area contributed by atoms with Crippen LogP contribution in [0.4, 0.5) is 10.4 Å². The van der Waals surface area contributed by atoms with Crippen LogP contribution in [0.1, 0.15) is 23.3 Å². The number of nitrogens with zero attached hydrogens (tertiary/aromatic N) is 3. The molecular formula is C19H18FN3O2S. The van der Waals surface area contributed by atoms with E-state index in [1.165, 1.54) is 22.6 Å². The third kappa shape index (κ3) is 2.62. The average molecular weight is 371 g/mol. The van der Waals surface area contributed by atoms with Gasteiger partial charge in [-0.1, -0.05) is 5.16 Å². The topological polar surface area (TPSA) is 51.4 Å². The molecule has 1 spiro atoms. The maximum Gasteiger partial charge on any atom is 0.324 e. The maximum atomic E-state index is 13.1. The second-order valence-electron chi connectivity index (χ2n) is 6.76. The summed E-state index contributed by atoms with van der Waals surface area (Å²) in [5.41, 5.74) is 2.03. The normalized spacial score (nSPS) is 18.9. The van der Waals surface area contributed by atoms with E-state index < -0.39 is 0 Å². The minimum absolute atomic E-state index is 0.155. The molecule has 4 heterocycles. The summed E-state index contributed by atoms with van der Waals surface area (Å²) in [6, 6.07) is 8.85. The Bertz CT molecular complexity index is 913. The Hall–Kier alpha value is -2.25. The second kappa shape index (κ2) is 6.17. The van der Waals surface area contributed by atoms with Gasteiger partial charge in [0.2, 0.25) is 5.82 Å². The Balaban J connectivity index is 1.33. The highest BCUT2D eigenvalue weighted by Crippen LogP contribution is 2.44. The minimum atomic E-state index is -0.278. The summed E-state index contributed by atoms with van der Waals surface area (Å²) in [6.45, 7) is 2.41. The van der Waals surface area contributed by atoms with E-state index in [1.54, 1.807) is 23.5 Å². The van der Waals surface area contributed by atoms with Gasteiger partial charge in [-0.15, -0.1) is 11.3 Å². The summed E-state index contributed by atoms with van der Waals surface area (Å²) < 4.78 is 24.8. The number of hydrogen-bond acceptors (Lipinski definition) is 6. The fourth-order valence-electron chi connectivity index (χ4n) is 3.85. The molecule has 0 bridgehead atoms. The lowest BCUT2D eigenvalue weighted by molar-refractivity contribution is -0.0739. The van der Waals surface area contributed by atoms with Crippen LogP contribution in [-0.2, 0) is 16.8 Å². The predicted octanol–water partition coefficient (Wildman–Crippen LogP) is 4.01. The van der Waals surface area contributed by atoms with E-state index >= 15 is 0 Å². The summed E-state index contributed by atoms with van der Waals surface area (Å²) in [6.07, 6.45) is 2.83. The van der Waals surface area contributed by atoms with Gasteiger partial charge in [0.1, 0.15) is 11.4 Å². The molecule has 0 unspecified atom stereocenters. The fourth-order valence-corrected chi connectivity index (χ4v) is 5.01. The molecule has 2 aromatic heterocycles. The van der Waals surface area contributed by atoms with E-state index in [2.05, 4.69) is 26.5 Å². The van der Waals surface area contributed by atoms with Crippen LogP contribution in [0.2, 0.25) is 0 Å². The number of thiophene rings is 1. The van der Waals surface area contributed by atoms with Crippen molar-refractivity contribution in [3.63, 3.8) is 0 Å². The molecule has 2 aliphatic heterocycles. The standard InChI is InChI=1S/C19H18FN3O2S/c20-15-3-1-14(2-4-15)17-21-18(25-22-17)23-9-7-19(8-10-23)16-13(5-11-24-19)6-12-26-16/h1-4,6,12H,5,7-11H2. The molecular weight excluding hydrogens is 353 g/mol. The highest BCUT2D eigenvalue weighted by atomic mass is 32.1. The van der Waals surface area contributed by atoms with Crippen LogP contribution in [0.5, 0.6) is 0 Å². The van der Waals surface area contributed by atoms with E-state index in [0.717, 1.165) is 44.5 Å². The molecule has 26 heavy (non-hydrogen) atoms. The van der Waals surface area contributed by atoms with Gasteiger partial charge in [-0.05, 0) is 60.5 Å². The molecule has 1 saturated heterocycles. The molecule has 134 valence electrons. The third-order valence-corrected chi connectivity index (χ3v) is 6.41. The molecule has 3 aromatic rings. The smallest absolute Gasteiger partial charge is 0.324 e. The highest BCUT2D eigenvalue weighted by Gasteiger charge is 2.42. The van der Waals surface area contributed by atoms with E-state index in [9.17, 15) is 4.39 Å². The number of halogens is 1. The monoisotopic (exact) mass is 371 g/mol. The average Bonchev–Trinajstić information content (AvgIpc) is 3.33. The number of benzene rings is 1. The van der Waals surface area contributed by atoms with E-state index in [1.807, 2.05) is 0 Å². The Labute approximate surface area is 154 Å². The first-order valence-electron chi connectivity index (χ1n) is 8.79. The van der Waals surface area contributed by atoms with E-state index in [-0.39, 0.29) is 11.4 Å². The van der Waals surface area contributed by atoms with Crippen LogP contribution < -0.4 is 4.90 Å². The largest absolute Gasteiger partial charge is 0.369 e. The molecule has 0 saturated carbocycles. The third-order valence-electron chi connectivity index (χ3n) is 5.27. The van der Waals surface area contributed by atoms with E-state index in [0.29, 0.717) is 11.8 Å². The van der Waals surface area contributed by atoms with Gasteiger partial charge in [0, 0.05) is 23.5 Å². The first-order chi connectivity index (χ1) is 12.7. The van der Waals surface area contributed by atoms with Crippen molar-refractivity contribution in [3.05, 3.63) is 52.0 Å². The van der Waals surface area contributed by atoms with Crippen molar-refractivity contribution >= 4 is 17.4 Å². The van der Waals surface area contributed by atoms with Crippen molar-refractivity contribution in [1.29, 1.82) is 0 Å². The quantitative estimate of drug-likeness (QED) is 0.681. The first-order valence-corrected chi connectivity index (χ1v) is 9.67. The van der Waals surface area contributed by atoms with Gasteiger partial charge in [-0.25, -0.2) is 4.39 Å². The molecule has 0 atom stereocenters. The van der Waals surface area contributed by atoms with Crippen molar-refractivity contribution in [3.8, 4) is 11.4 Å². The molecule has 2 aliphatic rings. The lowest BCUT2D eigenvalue weighted by atomic mass is 9.85. The number of hydrogen-bond donors (Lipinski definition) is 0. The summed E-state index contributed by atoms with van der Waals surface area (Å²) in [5, 5.41) is 6.21. The molecule has 0 amide bonds. The number of aromatic nitrogens is 2. The molecule has 0 N–H and O–H groups in total. The van der Waals surface area contributed by atoms with Gasteiger partial charge in [0.15, 0.2) is 0 Å². The summed E-state index contributed by atoms with van der Waals surface area (Å²) >= 11 is 1.80. The Kier molecular flexibility index (Phi) is 3.79. The first kappa shape index (κ1) is 16.0. The maximum absolute atomic E-state index is 13.1. The number of fused-ring (bicyclic) bond motifs is 2. The van der Waals surface area contributed by atoms with Crippen LogP contribution in [0.25, 0.3) is 11.4 Å². The van der Waals surface area contributed by atoms with Gasteiger partial charge >= 0.3 is 6.01 Å². The van der Waals surface area contributed by atoms with Crippen molar-refractivity contribution in [1.82, 2.24) is 10.1 Å². The molecule has 1 aromatic carbocycles. The lowest BCUT2D eigenvalue weighted by Gasteiger charge is -2.43. The number of rotatable bonds is 2. The summed E-state index contributed by atoms with van der Waals surface area (Å²) in [5.74, 6) is 0.203. The minimum Gasteiger partial charge on any atom is -0.369 e. The van der Waals surface area contributed by atoms with Crippen molar-refractivity contribution < 1.29 is 13.7 Å². The van der Waals surface area contributed by atoms with Crippen molar-refractivity contribution in [2.24, 2.45) is 0 Å². The zero-order chi connectivity index (χ0) is 17.6. The molecule has 5 rings (SSSR count). The van der Waals surface area contributed by atoms with Crippen LogP contribution in [0, 0.1) is 5.82 Å². The van der Waals surface area contributed by atoms with Crippen LogP contribution in [0.15, 0.2) is 40.2 Å². The number of ether oxygens (including phenoxy) is 1. The van der Waals surface area contributed by atoms with Gasteiger partial charge in [0.25, 0.3) is 0 Å². The van der Waals surface area contributed by atoms with Gasteiger partial charge in [0.05, 0.1) is 6.61 Å². The molecule has 7 heteroatoms. The van der Waals surface area contributed by atoms with Crippen LogP contribution in [-0.4, -0.2) is 29.8 Å². The zero-order valence-electron chi connectivity index (χ0n) is 14.2. The molecule has 0 aliphatic carbocycles. The second-order valence-corrected chi connectivity index (χ2v) is 7.68. The van der Waals surface area contributed by atoms with Gasteiger partial charge in [-0.2, -0.15) is 4.98 Å².